The third-order valence-electron chi connectivity index (χ3n) is 19.0. The van der Waals surface area contributed by atoms with Crippen LogP contribution in [-0.2, 0) is 32.5 Å². The van der Waals surface area contributed by atoms with Gasteiger partial charge in [0.25, 0.3) is 0 Å². The molecule has 3 aliphatic heterocycles. The maximum Gasteiger partial charge on any atom is 0.328 e. The van der Waals surface area contributed by atoms with Gasteiger partial charge in [0.2, 0.25) is 0 Å². The SMILES string of the molecule is Cc1cc2c3c(c1)N(c1ccc(C(C)(C)C)cc1-c1ccccc1)c1c(ccc4c1-c1cc5c(cc1C4(C)C)C(C)(C)CCC5(C)C)B3N1c3c-2cc(C(C)(C)C)cc3C2(C)CCCCC12C. The highest BCUT2D eigenvalue weighted by Gasteiger charge is 2.63. The summed E-state index contributed by atoms with van der Waals surface area (Å²) in [7, 11) is 0. The lowest BCUT2D eigenvalue weighted by Crippen LogP contribution is -2.70. The lowest BCUT2D eigenvalue weighted by atomic mass is 9.41. The minimum atomic E-state index is -0.175. The second-order valence-corrected chi connectivity index (χ2v) is 26.4. The van der Waals surface area contributed by atoms with E-state index in [0.29, 0.717) is 0 Å². The summed E-state index contributed by atoms with van der Waals surface area (Å²) < 4.78 is 0. The van der Waals surface area contributed by atoms with Crippen molar-refractivity contribution in [1.29, 1.82) is 0 Å². The minimum absolute atomic E-state index is 0.0105. The smallest absolute Gasteiger partial charge is 0.328 e. The van der Waals surface area contributed by atoms with E-state index in [0.717, 1.165) is 0 Å². The summed E-state index contributed by atoms with van der Waals surface area (Å²) >= 11 is 0. The molecule has 0 N–H and O–H groups in total. The van der Waals surface area contributed by atoms with Crippen LogP contribution >= 0.6 is 0 Å². The maximum atomic E-state index is 3.04. The number of hydrogen-bond donors (Lipinski definition) is 0. The fourth-order valence-electron chi connectivity index (χ4n) is 14.6. The molecule has 6 aromatic rings. The van der Waals surface area contributed by atoms with E-state index < -0.39 is 0 Å². The molecule has 12 rings (SSSR count). The summed E-state index contributed by atoms with van der Waals surface area (Å²) in [6, 6.07) is 39.7. The van der Waals surface area contributed by atoms with Crippen molar-refractivity contribution >= 4 is 40.5 Å². The first-order valence-corrected chi connectivity index (χ1v) is 25.9. The summed E-state index contributed by atoms with van der Waals surface area (Å²) in [4.78, 5) is 5.83. The first-order valence-electron chi connectivity index (χ1n) is 25.9. The van der Waals surface area contributed by atoms with Gasteiger partial charge in [-0.15, -0.1) is 0 Å². The Balaban J connectivity index is 1.25. The monoisotopic (exact) mass is 881 g/mol. The predicted octanol–water partition coefficient (Wildman–Crippen LogP) is 15.9. The van der Waals surface area contributed by atoms with E-state index in [1.54, 1.807) is 16.7 Å². The molecule has 2 atom stereocenters. The van der Waals surface area contributed by atoms with Crippen LogP contribution in [0.2, 0.25) is 0 Å². The Morgan fingerprint density at radius 2 is 1.16 bits per heavy atom. The summed E-state index contributed by atoms with van der Waals surface area (Å²) in [5.41, 5.74) is 28.5. The zero-order chi connectivity index (χ0) is 47.3. The normalized spacial score (nSPS) is 23.2. The molecule has 0 spiro atoms. The Kier molecular flexibility index (Phi) is 8.65. The van der Waals surface area contributed by atoms with Crippen LogP contribution in [0.1, 0.15) is 180 Å². The fourth-order valence-corrected chi connectivity index (χ4v) is 14.6. The standard InChI is InChI=1S/C64H73BN2/c1-38-31-43-44-34-41(59(5,6)7)35-50-56(44)67(64(15)28-20-19-27-63(50,64)14)65-51-25-24-46-54(45-36-48-49(37-47(45)62(46,12)13)61(10,11)30-29-60(48,8)9)57(51)66(53(32-38)55(43)65)52-26-23-40(58(2,3)4)33-42(52)39-21-17-16-18-22-39/h16-18,21-26,31-37H,19-20,27-30H2,1-15H3. The molecule has 1 saturated carbocycles. The molecule has 0 aromatic heterocycles. The van der Waals surface area contributed by atoms with Gasteiger partial charge in [0.15, 0.2) is 0 Å². The van der Waals surface area contributed by atoms with Gasteiger partial charge in [-0.25, -0.2) is 0 Å². The van der Waals surface area contributed by atoms with Crippen LogP contribution < -0.4 is 20.6 Å². The summed E-state index contributed by atoms with van der Waals surface area (Å²) in [5, 5.41) is 0. The Morgan fingerprint density at radius 1 is 0.507 bits per heavy atom. The van der Waals surface area contributed by atoms with Gasteiger partial charge in [-0.05, 0) is 164 Å². The van der Waals surface area contributed by atoms with E-state index in [4.69, 9.17) is 0 Å². The molecule has 0 bridgehead atoms. The molecule has 2 nitrogen and oxygen atoms in total. The van der Waals surface area contributed by atoms with Crippen LogP contribution in [-0.4, -0.2) is 12.4 Å². The topological polar surface area (TPSA) is 6.48 Å². The summed E-state index contributed by atoms with van der Waals surface area (Å²) in [5.74, 6) is 0. The van der Waals surface area contributed by atoms with Gasteiger partial charge in [-0.3, -0.25) is 0 Å². The van der Waals surface area contributed by atoms with Gasteiger partial charge < -0.3 is 9.71 Å². The van der Waals surface area contributed by atoms with Crippen molar-refractivity contribution in [3.63, 3.8) is 0 Å². The van der Waals surface area contributed by atoms with Gasteiger partial charge in [-0.1, -0.05) is 170 Å². The lowest BCUT2D eigenvalue weighted by molar-refractivity contribution is 0.199. The lowest BCUT2D eigenvalue weighted by Gasteiger charge is -2.55. The number of benzene rings is 6. The quantitative estimate of drug-likeness (QED) is 0.160. The Hall–Kier alpha value is -5.02. The third kappa shape index (κ3) is 5.64. The zero-order valence-corrected chi connectivity index (χ0v) is 43.5. The molecule has 0 amide bonds. The average molecular weight is 881 g/mol. The number of hydrogen-bond acceptors (Lipinski definition) is 2. The van der Waals surface area contributed by atoms with Crippen LogP contribution in [0.3, 0.4) is 0 Å². The first kappa shape index (κ1) is 43.3. The van der Waals surface area contributed by atoms with E-state index in [2.05, 4.69) is 211 Å². The molecule has 342 valence electrons. The van der Waals surface area contributed by atoms with Crippen molar-refractivity contribution in [2.75, 3.05) is 9.71 Å². The van der Waals surface area contributed by atoms with E-state index in [1.165, 1.54) is 133 Å². The average Bonchev–Trinajstić information content (AvgIpc) is 3.62. The van der Waals surface area contributed by atoms with Crippen LogP contribution in [0.5, 0.6) is 0 Å². The minimum Gasteiger partial charge on any atom is -0.400 e. The van der Waals surface area contributed by atoms with Gasteiger partial charge in [0, 0.05) is 44.4 Å². The molecule has 0 radical (unpaired) electrons. The number of fused-ring (bicyclic) bond motifs is 12. The van der Waals surface area contributed by atoms with E-state index >= 15 is 0 Å². The van der Waals surface area contributed by atoms with Gasteiger partial charge in [0.1, 0.15) is 0 Å². The predicted molar refractivity (Wildman–Crippen MR) is 289 cm³/mol. The van der Waals surface area contributed by atoms with Crippen LogP contribution in [0.25, 0.3) is 33.4 Å². The highest BCUT2D eigenvalue weighted by molar-refractivity contribution is 6.93. The molecule has 67 heavy (non-hydrogen) atoms. The van der Waals surface area contributed by atoms with Gasteiger partial charge in [-0.2, -0.15) is 0 Å². The molecular weight excluding hydrogens is 808 g/mol. The van der Waals surface area contributed by atoms with Crippen molar-refractivity contribution in [3.8, 4) is 33.4 Å². The van der Waals surface area contributed by atoms with Crippen molar-refractivity contribution in [1.82, 2.24) is 0 Å². The Bertz CT molecular complexity index is 3130. The van der Waals surface area contributed by atoms with Crippen molar-refractivity contribution in [2.24, 2.45) is 0 Å². The van der Waals surface area contributed by atoms with Crippen molar-refractivity contribution in [3.05, 3.63) is 142 Å². The number of nitrogens with zero attached hydrogens (tertiary/aromatic N) is 2. The van der Waals surface area contributed by atoms with E-state index in [9.17, 15) is 0 Å². The molecule has 2 unspecified atom stereocenters. The fraction of sp³-hybridized carbons (Fsp3) is 0.438. The molecule has 3 aliphatic carbocycles. The first-order chi connectivity index (χ1) is 31.4. The Morgan fingerprint density at radius 3 is 1.85 bits per heavy atom. The van der Waals surface area contributed by atoms with Crippen molar-refractivity contribution < 1.29 is 0 Å². The highest BCUT2D eigenvalue weighted by Crippen LogP contribution is 2.65. The van der Waals surface area contributed by atoms with E-state index in [1.807, 2.05) is 0 Å². The third-order valence-corrected chi connectivity index (χ3v) is 19.0. The molecule has 3 heterocycles. The van der Waals surface area contributed by atoms with Crippen molar-refractivity contribution in [2.45, 2.75) is 180 Å². The van der Waals surface area contributed by atoms with E-state index in [-0.39, 0.29) is 44.9 Å². The molecule has 3 heteroatoms. The Labute approximate surface area is 403 Å². The van der Waals surface area contributed by atoms with Gasteiger partial charge >= 0.3 is 6.85 Å². The summed E-state index contributed by atoms with van der Waals surface area (Å²) in [6.45, 7) is 37.1. The second kappa shape index (κ2) is 13.4. The second-order valence-electron chi connectivity index (χ2n) is 26.4. The van der Waals surface area contributed by atoms with Gasteiger partial charge in [0.05, 0.1) is 11.4 Å². The van der Waals surface area contributed by atoms with Crippen LogP contribution in [0.4, 0.5) is 22.7 Å². The number of anilines is 4. The van der Waals surface area contributed by atoms with Crippen LogP contribution in [0, 0.1) is 6.92 Å². The molecule has 1 fully saturated rings. The molecule has 0 saturated heterocycles. The zero-order valence-electron chi connectivity index (χ0n) is 43.5. The highest BCUT2D eigenvalue weighted by atomic mass is 15.2. The largest absolute Gasteiger partial charge is 0.400 e. The number of aryl methyl sites for hydroxylation is 1. The van der Waals surface area contributed by atoms with Crippen LogP contribution in [0.15, 0.2) is 97.1 Å². The number of rotatable bonds is 2. The molecule has 6 aromatic carbocycles. The molecule has 6 aliphatic rings. The molecular formula is C64H73BN2. The maximum absolute atomic E-state index is 3.04. The summed E-state index contributed by atoms with van der Waals surface area (Å²) in [6.07, 6.45) is 7.37.